The monoisotopic (exact) mass is 315 g/mol. The third kappa shape index (κ3) is 3.07. The van der Waals surface area contributed by atoms with Gasteiger partial charge in [-0.05, 0) is 42.8 Å². The van der Waals surface area contributed by atoms with Gasteiger partial charge in [0.15, 0.2) is 0 Å². The van der Waals surface area contributed by atoms with Crippen LogP contribution in [0.5, 0.6) is 0 Å². The van der Waals surface area contributed by atoms with Gasteiger partial charge in [0.1, 0.15) is 0 Å². The maximum absolute atomic E-state index is 12.4. The Labute approximate surface area is 135 Å². The Balaban J connectivity index is 1.66. The van der Waals surface area contributed by atoms with Gasteiger partial charge in [0.25, 0.3) is 5.91 Å². The maximum atomic E-state index is 12.4. The standard InChI is InChI=1S/C17H18ClN3O/c1-13-12-15(18)2-3-16(13)20-8-10-21(11-9-20)17(22)14-4-6-19-7-5-14/h2-7,12H,8-11H2,1H3. The zero-order chi connectivity index (χ0) is 15.5. The van der Waals surface area contributed by atoms with Crippen LogP contribution in [0.3, 0.4) is 0 Å². The minimum absolute atomic E-state index is 0.0786. The van der Waals surface area contributed by atoms with E-state index in [2.05, 4.69) is 22.9 Å². The molecule has 0 atom stereocenters. The first kappa shape index (κ1) is 14.9. The van der Waals surface area contributed by atoms with E-state index in [9.17, 15) is 4.79 Å². The third-order valence-electron chi connectivity index (χ3n) is 3.99. The molecule has 0 aliphatic carbocycles. The molecule has 0 radical (unpaired) electrons. The number of benzene rings is 1. The van der Waals surface area contributed by atoms with Crippen LogP contribution in [0, 0.1) is 6.92 Å². The van der Waals surface area contributed by atoms with Crippen LogP contribution in [0.25, 0.3) is 0 Å². The van der Waals surface area contributed by atoms with Crippen molar-refractivity contribution < 1.29 is 4.79 Å². The van der Waals surface area contributed by atoms with E-state index in [4.69, 9.17) is 11.6 Å². The van der Waals surface area contributed by atoms with E-state index in [1.807, 2.05) is 17.0 Å². The Hall–Kier alpha value is -2.07. The number of hydrogen-bond donors (Lipinski definition) is 0. The molecule has 0 spiro atoms. The number of aryl methyl sites for hydroxylation is 1. The van der Waals surface area contributed by atoms with Gasteiger partial charge in [-0.3, -0.25) is 9.78 Å². The van der Waals surface area contributed by atoms with Crippen LogP contribution in [0.15, 0.2) is 42.7 Å². The number of nitrogens with zero attached hydrogens (tertiary/aromatic N) is 3. The summed E-state index contributed by atoms with van der Waals surface area (Å²) < 4.78 is 0. The van der Waals surface area contributed by atoms with Crippen molar-refractivity contribution >= 4 is 23.2 Å². The van der Waals surface area contributed by atoms with Crippen LogP contribution in [0.1, 0.15) is 15.9 Å². The molecular weight excluding hydrogens is 298 g/mol. The fraction of sp³-hybridized carbons (Fsp3) is 0.294. The lowest BCUT2D eigenvalue weighted by molar-refractivity contribution is 0.0746. The Kier molecular flexibility index (Phi) is 4.29. The van der Waals surface area contributed by atoms with Crippen LogP contribution < -0.4 is 4.90 Å². The molecule has 0 N–H and O–H groups in total. The number of anilines is 1. The average molecular weight is 316 g/mol. The lowest BCUT2D eigenvalue weighted by Crippen LogP contribution is -2.49. The van der Waals surface area contributed by atoms with Crippen LogP contribution >= 0.6 is 11.6 Å². The van der Waals surface area contributed by atoms with E-state index >= 15 is 0 Å². The molecule has 1 aliphatic rings. The van der Waals surface area contributed by atoms with E-state index in [1.165, 1.54) is 11.3 Å². The van der Waals surface area contributed by atoms with Crippen molar-refractivity contribution in [3.8, 4) is 0 Å². The van der Waals surface area contributed by atoms with Gasteiger partial charge in [0.2, 0.25) is 0 Å². The molecule has 1 aromatic heterocycles. The first-order chi connectivity index (χ1) is 10.6. The van der Waals surface area contributed by atoms with Gasteiger partial charge >= 0.3 is 0 Å². The number of carbonyl (C=O) groups excluding carboxylic acids is 1. The van der Waals surface area contributed by atoms with Crippen molar-refractivity contribution in [2.75, 3.05) is 31.1 Å². The van der Waals surface area contributed by atoms with Crippen molar-refractivity contribution in [3.05, 3.63) is 58.9 Å². The van der Waals surface area contributed by atoms with E-state index < -0.39 is 0 Å². The van der Waals surface area contributed by atoms with Gasteiger partial charge in [-0.15, -0.1) is 0 Å². The lowest BCUT2D eigenvalue weighted by atomic mass is 10.1. The minimum Gasteiger partial charge on any atom is -0.368 e. The van der Waals surface area contributed by atoms with Crippen molar-refractivity contribution in [1.82, 2.24) is 9.88 Å². The summed E-state index contributed by atoms with van der Waals surface area (Å²) in [5, 5.41) is 0.757. The van der Waals surface area contributed by atoms with Crippen molar-refractivity contribution in [2.45, 2.75) is 6.92 Å². The third-order valence-corrected chi connectivity index (χ3v) is 4.23. The summed E-state index contributed by atoms with van der Waals surface area (Å²) >= 11 is 6.01. The summed E-state index contributed by atoms with van der Waals surface area (Å²) in [7, 11) is 0. The summed E-state index contributed by atoms with van der Waals surface area (Å²) in [4.78, 5) is 20.6. The number of piperazine rings is 1. The molecule has 0 saturated carbocycles. The maximum Gasteiger partial charge on any atom is 0.254 e. The molecule has 0 unspecified atom stereocenters. The van der Waals surface area contributed by atoms with Gasteiger partial charge in [0, 0.05) is 54.8 Å². The number of carbonyl (C=O) groups is 1. The summed E-state index contributed by atoms with van der Waals surface area (Å²) in [6.45, 7) is 5.18. The lowest BCUT2D eigenvalue weighted by Gasteiger charge is -2.36. The number of rotatable bonds is 2. The second-order valence-electron chi connectivity index (χ2n) is 5.45. The molecule has 1 saturated heterocycles. The fourth-order valence-corrected chi connectivity index (χ4v) is 3.03. The van der Waals surface area contributed by atoms with Crippen LogP contribution in [0.4, 0.5) is 5.69 Å². The first-order valence-corrected chi connectivity index (χ1v) is 7.73. The molecular formula is C17H18ClN3O. The predicted octanol–water partition coefficient (Wildman–Crippen LogP) is 3.01. The summed E-state index contributed by atoms with van der Waals surface area (Å²) in [5.41, 5.74) is 3.06. The molecule has 2 aromatic rings. The quantitative estimate of drug-likeness (QED) is 0.855. The Morgan fingerprint density at radius 1 is 1.09 bits per heavy atom. The molecule has 0 bridgehead atoms. The highest BCUT2D eigenvalue weighted by Gasteiger charge is 2.22. The van der Waals surface area contributed by atoms with Gasteiger partial charge in [-0.25, -0.2) is 0 Å². The topological polar surface area (TPSA) is 36.4 Å². The normalized spacial score (nSPS) is 15.0. The van der Waals surface area contributed by atoms with Crippen LogP contribution in [-0.2, 0) is 0 Å². The highest BCUT2D eigenvalue weighted by Crippen LogP contribution is 2.24. The Morgan fingerprint density at radius 3 is 2.41 bits per heavy atom. The highest BCUT2D eigenvalue weighted by atomic mass is 35.5. The Bertz CT molecular complexity index is 667. The van der Waals surface area contributed by atoms with Crippen molar-refractivity contribution in [1.29, 1.82) is 0 Å². The molecule has 5 heteroatoms. The van der Waals surface area contributed by atoms with Gasteiger partial charge in [0.05, 0.1) is 0 Å². The van der Waals surface area contributed by atoms with E-state index in [0.29, 0.717) is 5.56 Å². The van der Waals surface area contributed by atoms with Gasteiger partial charge < -0.3 is 9.80 Å². The molecule has 4 nitrogen and oxygen atoms in total. The van der Waals surface area contributed by atoms with E-state index in [1.54, 1.807) is 24.5 Å². The number of aromatic nitrogens is 1. The molecule has 22 heavy (non-hydrogen) atoms. The van der Waals surface area contributed by atoms with E-state index in [0.717, 1.165) is 31.2 Å². The van der Waals surface area contributed by atoms with E-state index in [-0.39, 0.29) is 5.91 Å². The minimum atomic E-state index is 0.0786. The molecule has 3 rings (SSSR count). The molecule has 1 fully saturated rings. The van der Waals surface area contributed by atoms with Gasteiger partial charge in [-0.1, -0.05) is 11.6 Å². The first-order valence-electron chi connectivity index (χ1n) is 7.35. The second kappa shape index (κ2) is 6.36. The smallest absolute Gasteiger partial charge is 0.254 e. The largest absolute Gasteiger partial charge is 0.368 e. The van der Waals surface area contributed by atoms with Crippen LogP contribution in [-0.4, -0.2) is 42.0 Å². The molecule has 1 aliphatic heterocycles. The summed E-state index contributed by atoms with van der Waals surface area (Å²) in [6.07, 6.45) is 3.31. The molecule has 1 aromatic carbocycles. The van der Waals surface area contributed by atoms with Crippen molar-refractivity contribution in [3.63, 3.8) is 0 Å². The number of amides is 1. The Morgan fingerprint density at radius 2 is 1.77 bits per heavy atom. The number of halogens is 1. The molecule has 114 valence electrons. The predicted molar refractivity (Wildman–Crippen MR) is 88.5 cm³/mol. The van der Waals surface area contributed by atoms with Crippen LogP contribution in [0.2, 0.25) is 5.02 Å². The highest BCUT2D eigenvalue weighted by molar-refractivity contribution is 6.30. The number of pyridine rings is 1. The number of hydrogen-bond acceptors (Lipinski definition) is 3. The van der Waals surface area contributed by atoms with Gasteiger partial charge in [-0.2, -0.15) is 0 Å². The SMILES string of the molecule is Cc1cc(Cl)ccc1N1CCN(C(=O)c2ccncc2)CC1. The average Bonchev–Trinajstić information content (AvgIpc) is 2.55. The fourth-order valence-electron chi connectivity index (χ4n) is 2.80. The molecule has 2 heterocycles. The summed E-state index contributed by atoms with van der Waals surface area (Å²) in [5.74, 6) is 0.0786. The molecule has 1 amide bonds. The van der Waals surface area contributed by atoms with Crippen molar-refractivity contribution in [2.24, 2.45) is 0 Å². The summed E-state index contributed by atoms with van der Waals surface area (Å²) in [6, 6.07) is 9.47. The second-order valence-corrected chi connectivity index (χ2v) is 5.88. The zero-order valence-electron chi connectivity index (χ0n) is 12.5. The zero-order valence-corrected chi connectivity index (χ0v) is 13.3.